The maximum absolute atomic E-state index is 13.6. The molecule has 4 aromatic carbocycles. The zero-order valence-electron chi connectivity index (χ0n) is 26.4. The van der Waals surface area contributed by atoms with E-state index in [2.05, 4.69) is 31.3 Å². The number of hydrogen-bond acceptors (Lipinski definition) is 15. The van der Waals surface area contributed by atoms with Gasteiger partial charge in [0.2, 0.25) is 11.6 Å². The first kappa shape index (κ1) is 36.6. The first-order chi connectivity index (χ1) is 24.9. The number of carbonyl (C=O) groups excluding carboxylic acids is 2. The van der Waals surface area contributed by atoms with Crippen molar-refractivity contribution in [3.05, 3.63) is 112 Å². The van der Waals surface area contributed by atoms with Gasteiger partial charge in [-0.05, 0) is 77.9 Å². The van der Waals surface area contributed by atoms with E-state index >= 15 is 0 Å². The molecule has 7 N–H and O–H groups in total. The van der Waals surface area contributed by atoms with E-state index in [4.69, 9.17) is 5.73 Å². The van der Waals surface area contributed by atoms with Gasteiger partial charge in [0.15, 0.2) is 5.71 Å². The van der Waals surface area contributed by atoms with Crippen LogP contribution in [0.25, 0.3) is 12.2 Å². The van der Waals surface area contributed by atoms with Crippen molar-refractivity contribution in [2.24, 2.45) is 20.4 Å². The second-order valence-corrected chi connectivity index (χ2v) is 15.3. The first-order valence-electron chi connectivity index (χ1n) is 14.7. The van der Waals surface area contributed by atoms with Gasteiger partial charge in [0, 0.05) is 5.56 Å². The molecule has 0 radical (unpaired) electrons. The molecular formula is C32H23N7O11S3. The molecule has 270 valence electrons. The molecule has 6 rings (SSSR count). The van der Waals surface area contributed by atoms with E-state index in [0.717, 1.165) is 18.2 Å². The van der Waals surface area contributed by atoms with E-state index in [0.29, 0.717) is 22.5 Å². The molecule has 0 unspecified atom stereocenters. The molecule has 0 spiro atoms. The fraction of sp³-hybridized carbons (Fsp3) is 0. The normalized spacial score (nSPS) is 16.1. The third kappa shape index (κ3) is 7.69. The summed E-state index contributed by atoms with van der Waals surface area (Å²) in [5.74, 6) is -1.61. The van der Waals surface area contributed by atoms with Crippen LogP contribution in [-0.4, -0.2) is 61.9 Å². The van der Waals surface area contributed by atoms with Gasteiger partial charge >= 0.3 is 0 Å². The van der Waals surface area contributed by atoms with E-state index in [-0.39, 0.29) is 21.9 Å². The van der Waals surface area contributed by atoms with Gasteiger partial charge in [-0.15, -0.1) is 5.11 Å². The monoisotopic (exact) mass is 777 g/mol. The summed E-state index contributed by atoms with van der Waals surface area (Å²) in [7, 11) is -14.7. The van der Waals surface area contributed by atoms with Crippen molar-refractivity contribution >= 4 is 93.9 Å². The van der Waals surface area contributed by atoms with Crippen LogP contribution in [0.15, 0.2) is 120 Å². The maximum Gasteiger partial charge on any atom is 0.296 e. The summed E-state index contributed by atoms with van der Waals surface area (Å²) in [6, 6.07) is 18.2. The van der Waals surface area contributed by atoms with Crippen molar-refractivity contribution in [2.75, 3.05) is 16.6 Å². The first-order valence-corrected chi connectivity index (χ1v) is 19.0. The number of nitrogens with two attached hydrogens (primary N) is 1. The number of ketones is 2. The number of hydrogen-bond donors (Lipinski definition) is 6. The second-order valence-electron chi connectivity index (χ2n) is 11.1. The highest BCUT2D eigenvalue weighted by Gasteiger charge is 2.37. The van der Waals surface area contributed by atoms with E-state index in [1.165, 1.54) is 48.6 Å². The summed E-state index contributed by atoms with van der Waals surface area (Å²) in [6.07, 6.45) is 3.33. The van der Waals surface area contributed by atoms with E-state index in [9.17, 15) is 48.5 Å². The van der Waals surface area contributed by atoms with Crippen molar-refractivity contribution in [2.45, 2.75) is 9.79 Å². The molecule has 0 aromatic heterocycles. The Labute approximate surface area is 300 Å². The Hall–Kier alpha value is -6.23. The fourth-order valence-electron chi connectivity index (χ4n) is 5.11. The highest BCUT2D eigenvalue weighted by molar-refractivity contribution is 7.91. The molecule has 53 heavy (non-hydrogen) atoms. The lowest BCUT2D eigenvalue weighted by Gasteiger charge is -2.20. The number of carbonyl (C=O) groups is 2. The minimum Gasteiger partial charge on any atom is -0.396 e. The van der Waals surface area contributed by atoms with Crippen LogP contribution in [0.3, 0.4) is 0 Å². The standard InChI is InChI=1S/C32H23N7O11S3/c33-28-27-18(16-26(53(48,49)50)31(32(27)41)39-34-19-4-2-1-3-5-19)15-25(52(45,46)47)30(28)38-36-21-9-7-20(8-10-21)35-37-29-23-12-11-22(51(42,43)44)14-17(23)6-13-24(29)40/h1-16,34-35H,33H2,(H,42,43,44)(H,45,46,47)(H,48,49,50)/b37-29+,38-36?,39-31+. The number of nitrogen functional groups attached to an aromatic ring is 1. The molecule has 0 atom stereocenters. The number of nitrogens with zero attached hydrogens (tertiary/aromatic N) is 4. The average molecular weight is 778 g/mol. The molecule has 0 saturated carbocycles. The van der Waals surface area contributed by atoms with E-state index in [1.807, 2.05) is 0 Å². The summed E-state index contributed by atoms with van der Waals surface area (Å²) in [4.78, 5) is 23.9. The zero-order chi connectivity index (χ0) is 38.3. The van der Waals surface area contributed by atoms with Crippen LogP contribution in [0.1, 0.15) is 27.0 Å². The Morgan fingerprint density at radius 1 is 0.642 bits per heavy atom. The van der Waals surface area contributed by atoms with Crippen LogP contribution in [-0.2, 0) is 35.1 Å². The highest BCUT2D eigenvalue weighted by atomic mass is 32.2. The van der Waals surface area contributed by atoms with Crippen molar-refractivity contribution < 1.29 is 48.5 Å². The molecule has 0 bridgehead atoms. The molecule has 0 amide bonds. The minimum absolute atomic E-state index is 0.0501. The molecule has 18 nitrogen and oxygen atoms in total. The molecule has 2 aliphatic rings. The van der Waals surface area contributed by atoms with Gasteiger partial charge < -0.3 is 5.73 Å². The van der Waals surface area contributed by atoms with Gasteiger partial charge in [-0.2, -0.15) is 40.6 Å². The van der Waals surface area contributed by atoms with Crippen molar-refractivity contribution in [1.82, 2.24) is 0 Å². The fourth-order valence-corrected chi connectivity index (χ4v) is 6.95. The minimum atomic E-state index is -5.11. The topological polar surface area (TPSA) is 297 Å². The number of anilines is 3. The molecule has 0 saturated heterocycles. The SMILES string of the molecule is Nc1c(N=Nc2ccc(N/N=C3/C(=O)C=Cc4cc(S(=O)(=O)O)ccc43)cc2)c(S(=O)(=O)O)cc2c1C(=O)/C(=N/Nc1ccccc1)C(S(=O)(=O)O)=C2. The summed E-state index contributed by atoms with van der Waals surface area (Å²) < 4.78 is 102. The Balaban J connectivity index is 1.31. The number of hydrazone groups is 2. The molecule has 0 heterocycles. The maximum atomic E-state index is 13.6. The van der Waals surface area contributed by atoms with Crippen LogP contribution in [0.4, 0.5) is 28.4 Å². The number of azo groups is 1. The van der Waals surface area contributed by atoms with Crippen molar-refractivity contribution in [3.63, 3.8) is 0 Å². The highest BCUT2D eigenvalue weighted by Crippen LogP contribution is 2.41. The van der Waals surface area contributed by atoms with Crippen LogP contribution < -0.4 is 16.6 Å². The number of nitrogens with one attached hydrogen (secondary N) is 2. The van der Waals surface area contributed by atoms with E-state index < -0.39 is 74.4 Å². The number of benzene rings is 4. The largest absolute Gasteiger partial charge is 0.396 e. The smallest absolute Gasteiger partial charge is 0.296 e. The molecule has 0 fully saturated rings. The number of Topliss-reactive ketones (excluding diaryl/α,β-unsaturated/α-hetero) is 1. The third-order valence-corrected chi connectivity index (χ3v) is 10.2. The average Bonchev–Trinajstić information content (AvgIpc) is 3.09. The Morgan fingerprint density at radius 2 is 1.28 bits per heavy atom. The molecule has 0 aliphatic heterocycles. The lowest BCUT2D eigenvalue weighted by Crippen LogP contribution is -2.28. The Bertz CT molecular complexity index is 2730. The van der Waals surface area contributed by atoms with Crippen LogP contribution in [0.5, 0.6) is 0 Å². The van der Waals surface area contributed by atoms with Crippen LogP contribution in [0, 0.1) is 0 Å². The molecular weight excluding hydrogens is 755 g/mol. The predicted octanol–water partition coefficient (Wildman–Crippen LogP) is 4.48. The lowest BCUT2D eigenvalue weighted by atomic mass is 9.92. The molecule has 21 heteroatoms. The van der Waals surface area contributed by atoms with Crippen LogP contribution >= 0.6 is 0 Å². The summed E-state index contributed by atoms with van der Waals surface area (Å²) >= 11 is 0. The van der Waals surface area contributed by atoms with Crippen molar-refractivity contribution in [1.29, 1.82) is 0 Å². The molecule has 2 aliphatic carbocycles. The number of para-hydroxylation sites is 1. The van der Waals surface area contributed by atoms with Gasteiger partial charge in [-0.1, -0.05) is 30.3 Å². The third-order valence-electron chi connectivity index (χ3n) is 7.57. The summed E-state index contributed by atoms with van der Waals surface area (Å²) in [6.45, 7) is 0. The van der Waals surface area contributed by atoms with Gasteiger partial charge in [0.25, 0.3) is 30.4 Å². The number of fused-ring (bicyclic) bond motifs is 2. The van der Waals surface area contributed by atoms with Gasteiger partial charge in [-0.25, -0.2) is 0 Å². The van der Waals surface area contributed by atoms with E-state index in [1.54, 1.807) is 30.3 Å². The molecule has 4 aromatic rings. The number of rotatable bonds is 9. The second kappa shape index (κ2) is 13.7. The zero-order valence-corrected chi connectivity index (χ0v) is 28.9. The lowest BCUT2D eigenvalue weighted by molar-refractivity contribution is -0.108. The van der Waals surface area contributed by atoms with Gasteiger partial charge in [0.1, 0.15) is 21.2 Å². The summed E-state index contributed by atoms with van der Waals surface area (Å²) in [5, 5.41) is 15.8. The Morgan fingerprint density at radius 3 is 1.91 bits per heavy atom. The number of allylic oxidation sites excluding steroid dienone is 2. The predicted molar refractivity (Wildman–Crippen MR) is 193 cm³/mol. The van der Waals surface area contributed by atoms with Gasteiger partial charge in [0.05, 0.1) is 33.2 Å². The van der Waals surface area contributed by atoms with Crippen molar-refractivity contribution in [3.8, 4) is 0 Å². The van der Waals surface area contributed by atoms with Gasteiger partial charge in [-0.3, -0.25) is 34.1 Å². The quantitative estimate of drug-likeness (QED) is 0.0591. The van der Waals surface area contributed by atoms with Crippen LogP contribution in [0.2, 0.25) is 0 Å². The Kier molecular flexibility index (Phi) is 9.46. The summed E-state index contributed by atoms with van der Waals surface area (Å²) in [5.41, 5.74) is 9.94.